The summed E-state index contributed by atoms with van der Waals surface area (Å²) in [6, 6.07) is 9.37. The van der Waals surface area contributed by atoms with E-state index in [9.17, 15) is 0 Å². The normalized spacial score (nSPS) is 10.1. The van der Waals surface area contributed by atoms with Crippen LogP contribution < -0.4 is 0 Å². The smallest absolute Gasteiger partial charge is 0.0853 e. The quantitative estimate of drug-likeness (QED) is 0.775. The Morgan fingerprint density at radius 1 is 1.14 bits per heavy atom. The summed E-state index contributed by atoms with van der Waals surface area (Å²) in [4.78, 5) is 8.29. The molecule has 0 aliphatic heterocycles. The van der Waals surface area contributed by atoms with Crippen molar-refractivity contribution in [2.75, 3.05) is 0 Å². The Bertz CT molecular complexity index is 415. The molecule has 70 valence electrons. The highest BCUT2D eigenvalue weighted by Crippen LogP contribution is 2.15. The van der Waals surface area contributed by atoms with E-state index in [0.29, 0.717) is 5.69 Å². The monoisotopic (exact) mass is 186 g/mol. The van der Waals surface area contributed by atoms with Crippen molar-refractivity contribution in [3.63, 3.8) is 0 Å². The lowest BCUT2D eigenvalue weighted by atomic mass is 10.2. The summed E-state index contributed by atoms with van der Waals surface area (Å²) in [6.07, 6.45) is 3.48. The van der Waals surface area contributed by atoms with Crippen molar-refractivity contribution in [1.82, 2.24) is 9.97 Å². The number of hydrogen-bond acceptors (Lipinski definition) is 3. The zero-order chi connectivity index (χ0) is 9.80. The molecule has 0 unspecified atom stereocenters. The van der Waals surface area contributed by atoms with E-state index in [1.165, 1.54) is 0 Å². The molecule has 3 heteroatoms. The first kappa shape index (κ1) is 8.84. The highest BCUT2D eigenvalue weighted by molar-refractivity contribution is 5.57. The molecular weight excluding hydrogens is 176 g/mol. The minimum Gasteiger partial charge on any atom is -0.390 e. The fraction of sp³-hybridized carbons (Fsp3) is 0.0909. The average molecular weight is 186 g/mol. The van der Waals surface area contributed by atoms with Gasteiger partial charge in [-0.3, -0.25) is 9.97 Å². The number of rotatable bonds is 2. The Kier molecular flexibility index (Phi) is 2.51. The summed E-state index contributed by atoms with van der Waals surface area (Å²) in [5.74, 6) is 0. The fourth-order valence-electron chi connectivity index (χ4n) is 1.24. The van der Waals surface area contributed by atoms with E-state index in [0.717, 1.165) is 11.3 Å². The number of hydrogen-bond donors (Lipinski definition) is 1. The van der Waals surface area contributed by atoms with Crippen molar-refractivity contribution < 1.29 is 5.11 Å². The predicted molar refractivity (Wildman–Crippen MR) is 53.4 cm³/mol. The van der Waals surface area contributed by atoms with Gasteiger partial charge in [0.15, 0.2) is 0 Å². The average Bonchev–Trinajstić information content (AvgIpc) is 2.30. The molecular formula is C11H10N2O. The standard InChI is InChI=1S/C11H10N2O/c14-8-10-4-1-5-11(13-10)9-3-2-6-12-7-9/h1-7,14H,8H2. The van der Waals surface area contributed by atoms with Crippen molar-refractivity contribution in [2.45, 2.75) is 6.61 Å². The number of aliphatic hydroxyl groups is 1. The topological polar surface area (TPSA) is 46.0 Å². The zero-order valence-corrected chi connectivity index (χ0v) is 7.59. The number of pyridine rings is 2. The van der Waals surface area contributed by atoms with Gasteiger partial charge < -0.3 is 5.11 Å². The Hall–Kier alpha value is -1.74. The highest BCUT2D eigenvalue weighted by Gasteiger charge is 1.99. The van der Waals surface area contributed by atoms with Crippen LogP contribution in [0.5, 0.6) is 0 Å². The molecule has 2 heterocycles. The summed E-state index contributed by atoms with van der Waals surface area (Å²) in [5.41, 5.74) is 2.47. The second-order valence-corrected chi connectivity index (χ2v) is 2.91. The van der Waals surface area contributed by atoms with Crippen LogP contribution in [0.1, 0.15) is 5.69 Å². The Morgan fingerprint density at radius 3 is 2.79 bits per heavy atom. The Labute approximate surface area is 82.1 Å². The molecule has 0 saturated heterocycles. The van der Waals surface area contributed by atoms with Gasteiger partial charge in [0, 0.05) is 18.0 Å². The molecule has 1 N–H and O–H groups in total. The molecule has 0 atom stereocenters. The lowest BCUT2D eigenvalue weighted by molar-refractivity contribution is 0.277. The van der Waals surface area contributed by atoms with Gasteiger partial charge in [-0.1, -0.05) is 6.07 Å². The summed E-state index contributed by atoms with van der Waals surface area (Å²) in [6.45, 7) is -0.0336. The first-order valence-electron chi connectivity index (χ1n) is 4.37. The van der Waals surface area contributed by atoms with Crippen LogP contribution in [0, 0.1) is 0 Å². The second-order valence-electron chi connectivity index (χ2n) is 2.91. The summed E-state index contributed by atoms with van der Waals surface area (Å²) in [5, 5.41) is 8.93. The van der Waals surface area contributed by atoms with Crippen LogP contribution in [-0.2, 0) is 6.61 Å². The number of aromatic nitrogens is 2. The highest BCUT2D eigenvalue weighted by atomic mass is 16.3. The summed E-state index contributed by atoms with van der Waals surface area (Å²) in [7, 11) is 0. The minimum atomic E-state index is -0.0336. The third-order valence-electron chi connectivity index (χ3n) is 1.93. The molecule has 2 aromatic rings. The maximum absolute atomic E-state index is 8.93. The minimum absolute atomic E-state index is 0.0336. The van der Waals surface area contributed by atoms with Gasteiger partial charge in [0.05, 0.1) is 18.0 Å². The predicted octanol–water partition coefficient (Wildman–Crippen LogP) is 1.64. The molecule has 0 bridgehead atoms. The lowest BCUT2D eigenvalue weighted by Gasteiger charge is -2.01. The van der Waals surface area contributed by atoms with Crippen molar-refractivity contribution in [3.05, 3.63) is 48.4 Å². The van der Waals surface area contributed by atoms with E-state index in [-0.39, 0.29) is 6.61 Å². The van der Waals surface area contributed by atoms with E-state index < -0.39 is 0 Å². The van der Waals surface area contributed by atoms with Crippen molar-refractivity contribution in [2.24, 2.45) is 0 Å². The molecule has 0 fully saturated rings. The first-order chi connectivity index (χ1) is 6.90. The Balaban J connectivity index is 2.42. The van der Waals surface area contributed by atoms with Crippen molar-refractivity contribution in [3.8, 4) is 11.3 Å². The maximum Gasteiger partial charge on any atom is 0.0853 e. The molecule has 2 aromatic heterocycles. The van der Waals surface area contributed by atoms with Gasteiger partial charge in [0.25, 0.3) is 0 Å². The molecule has 14 heavy (non-hydrogen) atoms. The molecule has 2 rings (SSSR count). The summed E-state index contributed by atoms with van der Waals surface area (Å²) >= 11 is 0. The van der Waals surface area contributed by atoms with E-state index in [1.54, 1.807) is 18.5 Å². The van der Waals surface area contributed by atoms with Crippen LogP contribution in [0.3, 0.4) is 0 Å². The Morgan fingerprint density at radius 2 is 2.07 bits per heavy atom. The number of nitrogens with zero attached hydrogens (tertiary/aromatic N) is 2. The molecule has 0 aliphatic rings. The van der Waals surface area contributed by atoms with Gasteiger partial charge >= 0.3 is 0 Å². The molecule has 0 spiro atoms. The third-order valence-corrected chi connectivity index (χ3v) is 1.93. The zero-order valence-electron chi connectivity index (χ0n) is 7.59. The molecule has 0 saturated carbocycles. The van der Waals surface area contributed by atoms with E-state index in [1.807, 2.05) is 24.3 Å². The van der Waals surface area contributed by atoms with Gasteiger partial charge in [0.2, 0.25) is 0 Å². The van der Waals surface area contributed by atoms with Crippen molar-refractivity contribution >= 4 is 0 Å². The van der Waals surface area contributed by atoms with Gasteiger partial charge in [-0.2, -0.15) is 0 Å². The molecule has 0 amide bonds. The van der Waals surface area contributed by atoms with Gasteiger partial charge in [0.1, 0.15) is 0 Å². The van der Waals surface area contributed by atoms with Crippen LogP contribution in [0.15, 0.2) is 42.7 Å². The SMILES string of the molecule is OCc1cccc(-c2cccnc2)n1. The van der Waals surface area contributed by atoms with Crippen molar-refractivity contribution in [1.29, 1.82) is 0 Å². The van der Waals surface area contributed by atoms with Crippen LogP contribution in [0.25, 0.3) is 11.3 Å². The van der Waals surface area contributed by atoms with Crippen LogP contribution >= 0.6 is 0 Å². The lowest BCUT2D eigenvalue weighted by Crippen LogP contribution is -1.91. The molecule has 3 nitrogen and oxygen atoms in total. The van der Waals surface area contributed by atoms with Crippen LogP contribution in [0.2, 0.25) is 0 Å². The maximum atomic E-state index is 8.93. The largest absolute Gasteiger partial charge is 0.390 e. The third kappa shape index (κ3) is 1.78. The van der Waals surface area contributed by atoms with E-state index >= 15 is 0 Å². The molecule has 0 aromatic carbocycles. The molecule has 0 aliphatic carbocycles. The van der Waals surface area contributed by atoms with E-state index in [2.05, 4.69) is 9.97 Å². The van der Waals surface area contributed by atoms with Crippen LogP contribution in [-0.4, -0.2) is 15.1 Å². The van der Waals surface area contributed by atoms with Crippen LogP contribution in [0.4, 0.5) is 0 Å². The number of aliphatic hydroxyl groups excluding tert-OH is 1. The summed E-state index contributed by atoms with van der Waals surface area (Å²) < 4.78 is 0. The molecule has 0 radical (unpaired) electrons. The van der Waals surface area contributed by atoms with Gasteiger partial charge in [-0.15, -0.1) is 0 Å². The van der Waals surface area contributed by atoms with Gasteiger partial charge in [-0.05, 0) is 24.3 Å². The second kappa shape index (κ2) is 3.98. The van der Waals surface area contributed by atoms with Gasteiger partial charge in [-0.25, -0.2) is 0 Å². The fourth-order valence-corrected chi connectivity index (χ4v) is 1.24. The first-order valence-corrected chi connectivity index (χ1v) is 4.37. The van der Waals surface area contributed by atoms with E-state index in [4.69, 9.17) is 5.11 Å².